The van der Waals surface area contributed by atoms with Crippen molar-refractivity contribution in [1.82, 2.24) is 5.16 Å². The van der Waals surface area contributed by atoms with Gasteiger partial charge in [0.2, 0.25) is 0 Å². The summed E-state index contributed by atoms with van der Waals surface area (Å²) >= 11 is 0. The summed E-state index contributed by atoms with van der Waals surface area (Å²) in [5, 5.41) is 4.37. The summed E-state index contributed by atoms with van der Waals surface area (Å²) in [6, 6.07) is 8.19. The zero-order chi connectivity index (χ0) is 12.7. The number of benzene rings is 1. The van der Waals surface area contributed by atoms with Gasteiger partial charge in [0.05, 0.1) is 11.3 Å². The number of rotatable bonds is 1. The third-order valence-corrected chi connectivity index (χ3v) is 4.30. The molecular weight excluding hydrogens is 238 g/mol. The molecule has 2 aromatic rings. The molecule has 2 heterocycles. The number of ether oxygens (including phenoxy) is 1. The highest BCUT2D eigenvalue weighted by molar-refractivity contribution is 5.75. The fraction of sp³-hybridized carbons (Fsp3) is 0.438. The van der Waals surface area contributed by atoms with Crippen molar-refractivity contribution in [2.24, 2.45) is 0 Å². The number of para-hydroxylation sites is 1. The molecule has 0 spiro atoms. The summed E-state index contributed by atoms with van der Waals surface area (Å²) in [5.41, 5.74) is 3.50. The Morgan fingerprint density at radius 2 is 1.89 bits per heavy atom. The van der Waals surface area contributed by atoms with Gasteiger partial charge >= 0.3 is 0 Å². The molecule has 4 rings (SSSR count). The Balaban J connectivity index is 1.82. The van der Waals surface area contributed by atoms with E-state index in [0.717, 1.165) is 22.8 Å². The van der Waals surface area contributed by atoms with Gasteiger partial charge in [-0.2, -0.15) is 0 Å². The predicted molar refractivity (Wildman–Crippen MR) is 72.1 cm³/mol. The molecule has 1 aliphatic carbocycles. The lowest BCUT2D eigenvalue weighted by atomic mass is 9.83. The second-order valence-corrected chi connectivity index (χ2v) is 5.49. The smallest absolute Gasteiger partial charge is 0.182 e. The average Bonchev–Trinajstić information content (AvgIpc) is 2.92. The second kappa shape index (κ2) is 4.41. The largest absolute Gasteiger partial charge is 0.485 e. The van der Waals surface area contributed by atoms with Gasteiger partial charge in [-0.25, -0.2) is 0 Å². The Morgan fingerprint density at radius 1 is 1.05 bits per heavy atom. The summed E-state index contributed by atoms with van der Waals surface area (Å²) in [5.74, 6) is 2.40. The van der Waals surface area contributed by atoms with E-state index in [0.29, 0.717) is 12.5 Å². The maximum Gasteiger partial charge on any atom is 0.182 e. The van der Waals surface area contributed by atoms with Gasteiger partial charge < -0.3 is 9.26 Å². The van der Waals surface area contributed by atoms with Gasteiger partial charge in [-0.3, -0.25) is 0 Å². The van der Waals surface area contributed by atoms with Gasteiger partial charge in [0, 0.05) is 11.5 Å². The monoisotopic (exact) mass is 255 g/mol. The summed E-state index contributed by atoms with van der Waals surface area (Å²) in [4.78, 5) is 0. The molecule has 0 bridgehead atoms. The van der Waals surface area contributed by atoms with Crippen molar-refractivity contribution < 1.29 is 9.26 Å². The normalized spacial score (nSPS) is 18.5. The SMILES string of the molecule is c1ccc2c(c1)OCc1onc(C3CCCCC3)c1-2. The van der Waals surface area contributed by atoms with Crippen LogP contribution in [0.15, 0.2) is 28.8 Å². The summed E-state index contributed by atoms with van der Waals surface area (Å²) < 4.78 is 11.2. The molecule has 0 saturated heterocycles. The lowest BCUT2D eigenvalue weighted by Gasteiger charge is -2.22. The molecule has 1 aromatic carbocycles. The van der Waals surface area contributed by atoms with Crippen LogP contribution in [0.3, 0.4) is 0 Å². The average molecular weight is 255 g/mol. The molecule has 3 heteroatoms. The van der Waals surface area contributed by atoms with Crippen molar-refractivity contribution in [3.05, 3.63) is 35.7 Å². The summed E-state index contributed by atoms with van der Waals surface area (Å²) in [6.07, 6.45) is 6.45. The standard InChI is InChI=1S/C16H17NO2/c1-2-6-11(7-3-1)16-15-12-8-4-5-9-13(12)18-10-14(15)19-17-16/h4-5,8-9,11H,1-3,6-7,10H2. The van der Waals surface area contributed by atoms with Gasteiger partial charge in [0.1, 0.15) is 12.4 Å². The highest BCUT2D eigenvalue weighted by Crippen LogP contribution is 2.44. The van der Waals surface area contributed by atoms with Gasteiger partial charge in [0.25, 0.3) is 0 Å². The molecule has 0 N–H and O–H groups in total. The Hall–Kier alpha value is -1.77. The molecule has 3 nitrogen and oxygen atoms in total. The first-order chi connectivity index (χ1) is 9.43. The Labute approximate surface area is 112 Å². The van der Waals surface area contributed by atoms with Crippen LogP contribution in [0, 0.1) is 0 Å². The van der Waals surface area contributed by atoms with Crippen LogP contribution >= 0.6 is 0 Å². The molecule has 1 aliphatic heterocycles. The Kier molecular flexibility index (Phi) is 2.57. The molecule has 2 aliphatic rings. The van der Waals surface area contributed by atoms with Crippen molar-refractivity contribution in [2.75, 3.05) is 0 Å². The fourth-order valence-electron chi connectivity index (χ4n) is 3.32. The lowest BCUT2D eigenvalue weighted by Crippen LogP contribution is -2.09. The molecule has 1 aromatic heterocycles. The minimum absolute atomic E-state index is 0.506. The second-order valence-electron chi connectivity index (χ2n) is 5.49. The summed E-state index contributed by atoms with van der Waals surface area (Å²) in [6.45, 7) is 0.506. The van der Waals surface area contributed by atoms with Gasteiger partial charge in [-0.1, -0.05) is 42.6 Å². The first kappa shape index (κ1) is 11.1. The van der Waals surface area contributed by atoms with Crippen LogP contribution in [0.4, 0.5) is 0 Å². The van der Waals surface area contributed by atoms with Crippen LogP contribution in [0.1, 0.15) is 49.5 Å². The molecule has 0 radical (unpaired) electrons. The van der Waals surface area contributed by atoms with Crippen LogP contribution in [-0.2, 0) is 6.61 Å². The quantitative estimate of drug-likeness (QED) is 0.762. The molecule has 0 amide bonds. The van der Waals surface area contributed by atoms with Crippen molar-refractivity contribution in [1.29, 1.82) is 0 Å². The molecular formula is C16H17NO2. The van der Waals surface area contributed by atoms with Crippen LogP contribution in [0.5, 0.6) is 5.75 Å². The molecule has 0 unspecified atom stereocenters. The number of nitrogens with zero attached hydrogens (tertiary/aromatic N) is 1. The van der Waals surface area contributed by atoms with Crippen molar-refractivity contribution in [3.8, 4) is 16.9 Å². The van der Waals surface area contributed by atoms with Gasteiger partial charge in [-0.15, -0.1) is 0 Å². The van der Waals surface area contributed by atoms with Crippen LogP contribution in [0.2, 0.25) is 0 Å². The molecule has 98 valence electrons. The minimum atomic E-state index is 0.506. The zero-order valence-corrected chi connectivity index (χ0v) is 10.9. The fourth-order valence-corrected chi connectivity index (χ4v) is 3.32. The van der Waals surface area contributed by atoms with E-state index >= 15 is 0 Å². The number of aromatic nitrogens is 1. The van der Waals surface area contributed by atoms with E-state index in [4.69, 9.17) is 9.26 Å². The molecule has 1 fully saturated rings. The van der Waals surface area contributed by atoms with Crippen LogP contribution < -0.4 is 4.74 Å². The molecule has 1 saturated carbocycles. The minimum Gasteiger partial charge on any atom is -0.485 e. The topological polar surface area (TPSA) is 35.3 Å². The van der Waals surface area contributed by atoms with E-state index in [1.165, 1.54) is 37.7 Å². The lowest BCUT2D eigenvalue weighted by molar-refractivity contribution is 0.244. The van der Waals surface area contributed by atoms with Crippen molar-refractivity contribution >= 4 is 0 Å². The Bertz CT molecular complexity index is 597. The molecule has 0 atom stereocenters. The van der Waals surface area contributed by atoms with Crippen LogP contribution in [-0.4, -0.2) is 5.16 Å². The Morgan fingerprint density at radius 3 is 2.79 bits per heavy atom. The van der Waals surface area contributed by atoms with E-state index in [2.05, 4.69) is 17.3 Å². The first-order valence-electron chi connectivity index (χ1n) is 7.14. The third-order valence-electron chi connectivity index (χ3n) is 4.30. The van der Waals surface area contributed by atoms with E-state index in [1.807, 2.05) is 12.1 Å². The highest BCUT2D eigenvalue weighted by atomic mass is 16.5. The van der Waals surface area contributed by atoms with Crippen molar-refractivity contribution in [2.45, 2.75) is 44.6 Å². The van der Waals surface area contributed by atoms with Crippen LogP contribution in [0.25, 0.3) is 11.1 Å². The number of hydrogen-bond donors (Lipinski definition) is 0. The predicted octanol–water partition coefficient (Wildman–Crippen LogP) is 4.28. The van der Waals surface area contributed by atoms with E-state index in [1.54, 1.807) is 0 Å². The maximum absolute atomic E-state index is 5.72. The zero-order valence-electron chi connectivity index (χ0n) is 10.9. The van der Waals surface area contributed by atoms with Crippen molar-refractivity contribution in [3.63, 3.8) is 0 Å². The van der Waals surface area contributed by atoms with E-state index in [9.17, 15) is 0 Å². The maximum atomic E-state index is 5.72. The van der Waals surface area contributed by atoms with Gasteiger partial charge in [0.15, 0.2) is 5.76 Å². The molecule has 19 heavy (non-hydrogen) atoms. The van der Waals surface area contributed by atoms with E-state index < -0.39 is 0 Å². The third kappa shape index (κ3) is 1.76. The number of fused-ring (bicyclic) bond motifs is 3. The highest BCUT2D eigenvalue weighted by Gasteiger charge is 2.30. The van der Waals surface area contributed by atoms with Gasteiger partial charge in [-0.05, 0) is 18.9 Å². The first-order valence-corrected chi connectivity index (χ1v) is 7.14. The number of hydrogen-bond acceptors (Lipinski definition) is 3. The summed E-state index contributed by atoms with van der Waals surface area (Å²) in [7, 11) is 0. The van der Waals surface area contributed by atoms with E-state index in [-0.39, 0.29) is 0 Å².